The van der Waals surface area contributed by atoms with Gasteiger partial charge >= 0.3 is 0 Å². The Labute approximate surface area is 143 Å². The molecule has 0 spiro atoms. The molecule has 0 unspecified atom stereocenters. The van der Waals surface area contributed by atoms with Gasteiger partial charge in [0, 0.05) is 11.3 Å². The quantitative estimate of drug-likeness (QED) is 0.799. The maximum Gasteiger partial charge on any atom is 0.260 e. The Morgan fingerprint density at radius 2 is 1.83 bits per heavy atom. The number of aryl methyl sites for hydroxylation is 3. The Kier molecular flexibility index (Phi) is 5.99. The summed E-state index contributed by atoms with van der Waals surface area (Å²) < 4.78 is 11.0. The van der Waals surface area contributed by atoms with Crippen LogP contribution in [-0.4, -0.2) is 12.3 Å². The summed E-state index contributed by atoms with van der Waals surface area (Å²) in [4.78, 5) is 0. The minimum Gasteiger partial charge on any atom is -0.489 e. The second kappa shape index (κ2) is 7.97. The van der Waals surface area contributed by atoms with Gasteiger partial charge in [0.05, 0.1) is 7.11 Å². The lowest BCUT2D eigenvalue weighted by molar-refractivity contribution is 0.304. The number of thiocarbonyl (C=S) groups is 1. The van der Waals surface area contributed by atoms with Gasteiger partial charge in [0.1, 0.15) is 12.4 Å². The van der Waals surface area contributed by atoms with Gasteiger partial charge in [-0.15, -0.1) is 0 Å². The molecule has 0 radical (unpaired) electrons. The molecule has 122 valence electrons. The predicted molar refractivity (Wildman–Crippen MR) is 99.3 cm³/mol. The maximum absolute atomic E-state index is 6.03. The van der Waals surface area contributed by atoms with Crippen molar-refractivity contribution in [3.63, 3.8) is 0 Å². The molecule has 1 N–H and O–H groups in total. The fourth-order valence-electron chi connectivity index (χ4n) is 2.47. The van der Waals surface area contributed by atoms with Crippen molar-refractivity contribution in [3.05, 3.63) is 58.7 Å². The highest BCUT2D eigenvalue weighted by Crippen LogP contribution is 2.25. The zero-order valence-corrected chi connectivity index (χ0v) is 14.9. The number of nitrogens with one attached hydrogen (secondary N) is 1. The summed E-state index contributed by atoms with van der Waals surface area (Å²) in [6.07, 6.45) is 1.04. The van der Waals surface area contributed by atoms with Crippen molar-refractivity contribution in [1.82, 2.24) is 0 Å². The predicted octanol–water partition coefficient (Wildman–Crippen LogP) is 4.79. The van der Waals surface area contributed by atoms with Gasteiger partial charge in [-0.1, -0.05) is 31.2 Å². The van der Waals surface area contributed by atoms with Crippen LogP contribution < -0.4 is 10.1 Å². The molecule has 0 saturated heterocycles. The number of hydrogen-bond acceptors (Lipinski definition) is 3. The molecule has 0 aliphatic rings. The summed E-state index contributed by atoms with van der Waals surface area (Å²) in [5, 5.41) is 3.41. The highest BCUT2D eigenvalue weighted by atomic mass is 32.1. The Morgan fingerprint density at radius 3 is 2.52 bits per heavy atom. The number of para-hydroxylation sites is 1. The van der Waals surface area contributed by atoms with Crippen molar-refractivity contribution >= 4 is 23.1 Å². The van der Waals surface area contributed by atoms with E-state index in [1.807, 2.05) is 24.3 Å². The molecule has 3 nitrogen and oxygen atoms in total. The van der Waals surface area contributed by atoms with Crippen molar-refractivity contribution in [2.45, 2.75) is 33.8 Å². The van der Waals surface area contributed by atoms with Crippen LogP contribution in [0.25, 0.3) is 0 Å². The minimum absolute atomic E-state index is 0.344. The summed E-state index contributed by atoms with van der Waals surface area (Å²) in [5.74, 6) is 0.920. The first kappa shape index (κ1) is 17.3. The lowest BCUT2D eigenvalue weighted by Gasteiger charge is -2.15. The molecule has 0 atom stereocenters. The van der Waals surface area contributed by atoms with Gasteiger partial charge in [0.2, 0.25) is 0 Å². The molecule has 23 heavy (non-hydrogen) atoms. The lowest BCUT2D eigenvalue weighted by Crippen LogP contribution is -2.13. The summed E-state index contributed by atoms with van der Waals surface area (Å²) >= 11 is 5.07. The summed E-state index contributed by atoms with van der Waals surface area (Å²) in [6, 6.07) is 12.2. The van der Waals surface area contributed by atoms with Crippen molar-refractivity contribution in [2.24, 2.45) is 0 Å². The monoisotopic (exact) mass is 329 g/mol. The van der Waals surface area contributed by atoms with Crippen LogP contribution in [0.4, 0.5) is 5.69 Å². The molecule has 2 aromatic rings. The third-order valence-corrected chi connectivity index (χ3v) is 4.11. The second-order valence-corrected chi connectivity index (χ2v) is 5.83. The van der Waals surface area contributed by atoms with Gasteiger partial charge in [-0.25, -0.2) is 0 Å². The molecule has 0 aromatic heterocycles. The van der Waals surface area contributed by atoms with Gasteiger partial charge in [0.15, 0.2) is 0 Å². The number of methoxy groups -OCH3 is 1. The average Bonchev–Trinajstić information content (AvgIpc) is 2.56. The van der Waals surface area contributed by atoms with E-state index in [4.69, 9.17) is 21.7 Å². The first-order valence-electron chi connectivity index (χ1n) is 7.71. The van der Waals surface area contributed by atoms with Crippen LogP contribution in [0.3, 0.4) is 0 Å². The maximum atomic E-state index is 6.03. The SMILES string of the molecule is CCc1cc(C)c(OCc2ccccc2NC(=S)OC)cc1C. The molecule has 0 aliphatic carbocycles. The molecular weight excluding hydrogens is 306 g/mol. The largest absolute Gasteiger partial charge is 0.489 e. The summed E-state index contributed by atoms with van der Waals surface area (Å²) in [7, 11) is 1.55. The van der Waals surface area contributed by atoms with Crippen LogP contribution in [0.15, 0.2) is 36.4 Å². The molecule has 0 amide bonds. The van der Waals surface area contributed by atoms with E-state index in [1.54, 1.807) is 7.11 Å². The van der Waals surface area contributed by atoms with Gasteiger partial charge in [0.25, 0.3) is 5.17 Å². The molecule has 4 heteroatoms. The number of benzene rings is 2. The fourth-order valence-corrected chi connectivity index (χ4v) is 2.58. The molecule has 2 rings (SSSR count). The van der Waals surface area contributed by atoms with Gasteiger partial charge in [-0.3, -0.25) is 0 Å². The average molecular weight is 329 g/mol. The molecule has 2 aromatic carbocycles. The van der Waals surface area contributed by atoms with Crippen molar-refractivity contribution in [1.29, 1.82) is 0 Å². The van der Waals surface area contributed by atoms with Crippen molar-refractivity contribution < 1.29 is 9.47 Å². The van der Waals surface area contributed by atoms with Gasteiger partial charge < -0.3 is 14.8 Å². The number of hydrogen-bond donors (Lipinski definition) is 1. The first-order valence-corrected chi connectivity index (χ1v) is 8.11. The topological polar surface area (TPSA) is 30.5 Å². The highest BCUT2D eigenvalue weighted by molar-refractivity contribution is 7.80. The van der Waals surface area contributed by atoms with Gasteiger partial charge in [-0.05, 0) is 61.3 Å². The van der Waals surface area contributed by atoms with Crippen LogP contribution in [0.5, 0.6) is 5.75 Å². The van der Waals surface area contributed by atoms with E-state index in [9.17, 15) is 0 Å². The molecule has 0 saturated carbocycles. The fraction of sp³-hybridized carbons (Fsp3) is 0.316. The molecule has 0 heterocycles. The highest BCUT2D eigenvalue weighted by Gasteiger charge is 2.08. The molecule has 0 bridgehead atoms. The van der Waals surface area contributed by atoms with Crippen molar-refractivity contribution in [3.8, 4) is 5.75 Å². The van der Waals surface area contributed by atoms with Crippen LogP contribution in [0.2, 0.25) is 0 Å². The first-order chi connectivity index (χ1) is 11.0. The second-order valence-electron chi connectivity index (χ2n) is 5.46. The number of rotatable bonds is 5. The Bertz CT molecular complexity index is 698. The molecule has 0 aliphatic heterocycles. The van der Waals surface area contributed by atoms with Crippen LogP contribution in [-0.2, 0) is 17.8 Å². The Morgan fingerprint density at radius 1 is 1.09 bits per heavy atom. The molecule has 0 fully saturated rings. The van der Waals surface area contributed by atoms with Crippen LogP contribution >= 0.6 is 12.2 Å². The standard InChI is InChI=1S/C19H23NO2S/c1-5-15-10-14(3)18(11-13(15)2)22-12-16-8-6-7-9-17(16)20-19(23)21-4/h6-11H,5,12H2,1-4H3,(H,20,23). The zero-order chi connectivity index (χ0) is 16.8. The van der Waals surface area contributed by atoms with Crippen molar-refractivity contribution in [2.75, 3.05) is 12.4 Å². The minimum atomic E-state index is 0.344. The normalized spacial score (nSPS) is 10.3. The van der Waals surface area contributed by atoms with E-state index in [0.717, 1.165) is 29.0 Å². The van der Waals surface area contributed by atoms with E-state index < -0.39 is 0 Å². The van der Waals surface area contributed by atoms with Crippen LogP contribution in [0, 0.1) is 13.8 Å². The number of anilines is 1. The summed E-state index contributed by atoms with van der Waals surface area (Å²) in [5.41, 5.74) is 5.72. The third-order valence-electron chi connectivity index (χ3n) is 3.84. The van der Waals surface area contributed by atoms with E-state index in [-0.39, 0.29) is 0 Å². The van der Waals surface area contributed by atoms with E-state index >= 15 is 0 Å². The third kappa shape index (κ3) is 4.45. The van der Waals surface area contributed by atoms with E-state index in [0.29, 0.717) is 11.8 Å². The zero-order valence-electron chi connectivity index (χ0n) is 14.1. The Hall–Kier alpha value is -2.07. The Balaban J connectivity index is 2.15. The van der Waals surface area contributed by atoms with Crippen LogP contribution in [0.1, 0.15) is 29.2 Å². The lowest BCUT2D eigenvalue weighted by atomic mass is 10.0. The van der Waals surface area contributed by atoms with Gasteiger partial charge in [-0.2, -0.15) is 0 Å². The van der Waals surface area contributed by atoms with E-state index in [1.165, 1.54) is 11.1 Å². The van der Waals surface area contributed by atoms with E-state index in [2.05, 4.69) is 38.2 Å². The summed E-state index contributed by atoms with van der Waals surface area (Å²) in [6.45, 7) is 6.85. The number of ether oxygens (including phenoxy) is 2. The smallest absolute Gasteiger partial charge is 0.260 e. The molecular formula is C19H23NO2S.